The first-order valence-corrected chi connectivity index (χ1v) is 10.1. The molecule has 23 heavy (non-hydrogen) atoms. The monoisotopic (exact) mass is 353 g/mol. The van der Waals surface area contributed by atoms with Gasteiger partial charge in [-0.1, -0.05) is 12.1 Å². The molecule has 0 unspecified atom stereocenters. The van der Waals surface area contributed by atoms with Crippen molar-refractivity contribution >= 4 is 27.7 Å². The number of benzene rings is 1. The fourth-order valence-corrected chi connectivity index (χ4v) is 4.39. The quantitative estimate of drug-likeness (QED) is 0.793. The van der Waals surface area contributed by atoms with Gasteiger partial charge in [-0.15, -0.1) is 0 Å². The van der Waals surface area contributed by atoms with Crippen molar-refractivity contribution in [3.8, 4) is 6.07 Å². The van der Waals surface area contributed by atoms with Crippen LogP contribution in [0.4, 0.5) is 0 Å². The summed E-state index contributed by atoms with van der Waals surface area (Å²) in [6.45, 7) is 1.29. The van der Waals surface area contributed by atoms with Crippen molar-refractivity contribution in [2.75, 3.05) is 38.2 Å². The first-order chi connectivity index (χ1) is 11.0. The van der Waals surface area contributed by atoms with E-state index in [4.69, 9.17) is 5.26 Å². The predicted octanol–water partition coefficient (Wildman–Crippen LogP) is 1.14. The molecule has 0 atom stereocenters. The fraction of sp³-hybridized carbons (Fsp3) is 0.467. The lowest BCUT2D eigenvalue weighted by molar-refractivity contribution is -0.131. The molecular weight excluding hydrogens is 334 g/mol. The Hall–Kier alpha value is -1.56. The standard InChI is InChI=1S/C15H19N3O3S2/c1-22-11-6-15(19)17-7-9-18(10-8-17)23(20,21)14-5-3-2-4-13(14)12-16/h2-5H,6-11H2,1H3. The summed E-state index contributed by atoms with van der Waals surface area (Å²) in [6, 6.07) is 8.11. The molecule has 1 saturated heterocycles. The van der Waals surface area contributed by atoms with Gasteiger partial charge in [0, 0.05) is 38.4 Å². The third-order valence-corrected chi connectivity index (χ3v) is 6.31. The van der Waals surface area contributed by atoms with E-state index in [0.29, 0.717) is 19.5 Å². The van der Waals surface area contributed by atoms with Crippen molar-refractivity contribution < 1.29 is 13.2 Å². The van der Waals surface area contributed by atoms with Gasteiger partial charge in [0.2, 0.25) is 15.9 Å². The molecule has 0 spiro atoms. The molecule has 0 aromatic heterocycles. The van der Waals surface area contributed by atoms with Crippen LogP contribution in [0.3, 0.4) is 0 Å². The number of sulfonamides is 1. The van der Waals surface area contributed by atoms with Gasteiger partial charge in [0.15, 0.2) is 0 Å². The summed E-state index contributed by atoms with van der Waals surface area (Å²) in [6.07, 6.45) is 2.43. The van der Waals surface area contributed by atoms with Crippen molar-refractivity contribution in [2.45, 2.75) is 11.3 Å². The zero-order valence-corrected chi connectivity index (χ0v) is 14.6. The molecule has 1 aromatic rings. The first kappa shape index (κ1) is 17.8. The second-order valence-corrected chi connectivity index (χ2v) is 8.03. The smallest absolute Gasteiger partial charge is 0.244 e. The SMILES string of the molecule is CSCCC(=O)N1CCN(S(=O)(=O)c2ccccc2C#N)CC1. The van der Waals surface area contributed by atoms with Crippen LogP contribution in [0.1, 0.15) is 12.0 Å². The topological polar surface area (TPSA) is 81.5 Å². The maximum atomic E-state index is 12.7. The Bertz CT molecular complexity index is 705. The molecule has 0 radical (unpaired) electrons. The van der Waals surface area contributed by atoms with Crippen LogP contribution in [0.5, 0.6) is 0 Å². The van der Waals surface area contributed by atoms with Crippen molar-refractivity contribution in [1.29, 1.82) is 5.26 Å². The largest absolute Gasteiger partial charge is 0.340 e. The summed E-state index contributed by atoms with van der Waals surface area (Å²) in [5.74, 6) is 0.834. The average molecular weight is 353 g/mol. The van der Waals surface area contributed by atoms with E-state index in [9.17, 15) is 13.2 Å². The minimum atomic E-state index is -3.70. The molecule has 2 rings (SSSR count). The van der Waals surface area contributed by atoms with E-state index in [2.05, 4.69) is 0 Å². The number of hydrogen-bond acceptors (Lipinski definition) is 5. The normalized spacial score (nSPS) is 16.1. The molecule has 1 aliphatic heterocycles. The Labute approximate surface area is 141 Å². The van der Waals surface area contributed by atoms with Crippen LogP contribution in [-0.2, 0) is 14.8 Å². The van der Waals surface area contributed by atoms with E-state index in [1.54, 1.807) is 28.8 Å². The summed E-state index contributed by atoms with van der Waals surface area (Å²) in [4.78, 5) is 13.7. The van der Waals surface area contributed by atoms with Crippen LogP contribution in [0.15, 0.2) is 29.2 Å². The lowest BCUT2D eigenvalue weighted by Crippen LogP contribution is -2.50. The summed E-state index contributed by atoms with van der Waals surface area (Å²) in [5.41, 5.74) is 0.144. The molecule has 0 saturated carbocycles. The van der Waals surface area contributed by atoms with Gasteiger partial charge in [-0.25, -0.2) is 8.42 Å². The molecule has 0 bridgehead atoms. The Balaban J connectivity index is 2.07. The molecule has 0 aliphatic carbocycles. The highest BCUT2D eigenvalue weighted by Gasteiger charge is 2.31. The van der Waals surface area contributed by atoms with E-state index in [1.807, 2.05) is 12.3 Å². The van der Waals surface area contributed by atoms with Crippen LogP contribution in [0.2, 0.25) is 0 Å². The van der Waals surface area contributed by atoms with E-state index in [0.717, 1.165) is 5.75 Å². The van der Waals surface area contributed by atoms with Gasteiger partial charge in [-0.2, -0.15) is 21.3 Å². The molecule has 1 aliphatic rings. The van der Waals surface area contributed by atoms with Gasteiger partial charge in [0.25, 0.3) is 0 Å². The zero-order chi connectivity index (χ0) is 16.9. The third kappa shape index (κ3) is 4.05. The van der Waals surface area contributed by atoms with Gasteiger partial charge in [0.1, 0.15) is 6.07 Å². The predicted molar refractivity (Wildman–Crippen MR) is 89.5 cm³/mol. The van der Waals surface area contributed by atoms with Gasteiger partial charge in [-0.05, 0) is 18.4 Å². The Morgan fingerprint density at radius 3 is 2.52 bits per heavy atom. The lowest BCUT2D eigenvalue weighted by atomic mass is 10.2. The van der Waals surface area contributed by atoms with E-state index in [1.165, 1.54) is 16.4 Å². The number of carbonyl (C=O) groups is 1. The molecule has 1 amide bonds. The number of rotatable bonds is 5. The highest BCUT2D eigenvalue weighted by Crippen LogP contribution is 2.21. The van der Waals surface area contributed by atoms with Crippen LogP contribution in [0, 0.1) is 11.3 Å². The summed E-state index contributed by atoms with van der Waals surface area (Å²) in [5, 5.41) is 9.09. The zero-order valence-electron chi connectivity index (χ0n) is 12.9. The molecule has 1 fully saturated rings. The van der Waals surface area contributed by atoms with Gasteiger partial charge in [0.05, 0.1) is 10.5 Å². The summed E-state index contributed by atoms with van der Waals surface area (Å²) in [7, 11) is -3.70. The Morgan fingerprint density at radius 1 is 1.26 bits per heavy atom. The summed E-state index contributed by atoms with van der Waals surface area (Å²) < 4.78 is 26.7. The summed E-state index contributed by atoms with van der Waals surface area (Å²) >= 11 is 1.62. The molecule has 1 heterocycles. The second kappa shape index (κ2) is 7.81. The van der Waals surface area contributed by atoms with Gasteiger partial charge < -0.3 is 4.90 Å². The van der Waals surface area contributed by atoms with Crippen LogP contribution in [-0.4, -0.2) is 61.7 Å². The maximum Gasteiger partial charge on any atom is 0.244 e. The average Bonchev–Trinajstić information content (AvgIpc) is 2.59. The number of nitriles is 1. The molecule has 124 valence electrons. The van der Waals surface area contributed by atoms with Gasteiger partial charge in [-0.3, -0.25) is 4.79 Å². The van der Waals surface area contributed by atoms with Crippen molar-refractivity contribution in [3.63, 3.8) is 0 Å². The number of hydrogen-bond donors (Lipinski definition) is 0. The molecule has 8 heteroatoms. The maximum absolute atomic E-state index is 12.7. The van der Waals surface area contributed by atoms with Gasteiger partial charge >= 0.3 is 0 Å². The number of carbonyl (C=O) groups excluding carboxylic acids is 1. The molecule has 6 nitrogen and oxygen atoms in total. The van der Waals surface area contributed by atoms with Crippen molar-refractivity contribution in [3.05, 3.63) is 29.8 Å². The van der Waals surface area contributed by atoms with Crippen LogP contribution >= 0.6 is 11.8 Å². The lowest BCUT2D eigenvalue weighted by Gasteiger charge is -2.34. The van der Waals surface area contributed by atoms with Crippen LogP contribution < -0.4 is 0 Å². The minimum absolute atomic E-state index is 0.0321. The third-order valence-electron chi connectivity index (χ3n) is 3.74. The molecule has 1 aromatic carbocycles. The number of piperazine rings is 1. The first-order valence-electron chi connectivity index (χ1n) is 7.26. The van der Waals surface area contributed by atoms with Crippen LogP contribution in [0.25, 0.3) is 0 Å². The molecular formula is C15H19N3O3S2. The van der Waals surface area contributed by atoms with E-state index in [-0.39, 0.29) is 29.5 Å². The Morgan fingerprint density at radius 2 is 1.91 bits per heavy atom. The number of thioether (sulfide) groups is 1. The highest BCUT2D eigenvalue weighted by molar-refractivity contribution is 7.98. The Kier molecular flexibility index (Phi) is 6.04. The fourth-order valence-electron chi connectivity index (χ4n) is 2.45. The van der Waals surface area contributed by atoms with Crippen molar-refractivity contribution in [1.82, 2.24) is 9.21 Å². The van der Waals surface area contributed by atoms with E-state index >= 15 is 0 Å². The van der Waals surface area contributed by atoms with E-state index < -0.39 is 10.0 Å². The van der Waals surface area contributed by atoms with Crippen molar-refractivity contribution in [2.24, 2.45) is 0 Å². The number of amides is 1. The second-order valence-electron chi connectivity index (χ2n) is 5.14. The molecule has 0 N–H and O–H groups in total. The minimum Gasteiger partial charge on any atom is -0.340 e. The number of nitrogens with zero attached hydrogens (tertiary/aromatic N) is 3. The highest BCUT2D eigenvalue weighted by atomic mass is 32.2.